The van der Waals surface area contributed by atoms with E-state index in [-0.39, 0.29) is 0 Å². The van der Waals surface area contributed by atoms with Crippen LogP contribution in [0.15, 0.2) is 15.8 Å². The number of hydrogen-bond acceptors (Lipinski definition) is 2. The summed E-state index contributed by atoms with van der Waals surface area (Å²) >= 11 is 1.72. The summed E-state index contributed by atoms with van der Waals surface area (Å²) in [5, 5.41) is 7.48. The van der Waals surface area contributed by atoms with Crippen LogP contribution < -0.4 is 11.1 Å². The smallest absolute Gasteiger partial charge is 0.188 e. The number of thiophene rings is 1. The average molecular weight is 237 g/mol. The van der Waals surface area contributed by atoms with Crippen LogP contribution in [0.25, 0.3) is 0 Å². The standard InChI is InChI=1S/C12H19N3S/c1-9-7-16-8-11(9)6-15-12(13)14-5-10-3-2-4-10/h7-8,10H,2-6H2,1H3,(H3,13,14,15). The third-order valence-corrected chi connectivity index (χ3v) is 4.09. The molecular weight excluding hydrogens is 218 g/mol. The van der Waals surface area contributed by atoms with E-state index >= 15 is 0 Å². The Morgan fingerprint density at radius 3 is 2.94 bits per heavy atom. The highest BCUT2D eigenvalue weighted by Crippen LogP contribution is 2.25. The molecule has 0 bridgehead atoms. The van der Waals surface area contributed by atoms with Crippen LogP contribution in [0.4, 0.5) is 0 Å². The van der Waals surface area contributed by atoms with E-state index in [1.54, 1.807) is 11.3 Å². The van der Waals surface area contributed by atoms with Gasteiger partial charge in [0.2, 0.25) is 0 Å². The Morgan fingerprint density at radius 2 is 2.38 bits per heavy atom. The SMILES string of the molecule is Cc1cscc1CN=C(N)NCC1CCC1. The van der Waals surface area contributed by atoms with Crippen molar-refractivity contribution < 1.29 is 0 Å². The van der Waals surface area contributed by atoms with Crippen molar-refractivity contribution >= 4 is 17.3 Å². The largest absolute Gasteiger partial charge is 0.370 e. The maximum absolute atomic E-state index is 5.81. The molecule has 4 heteroatoms. The molecule has 0 spiro atoms. The van der Waals surface area contributed by atoms with Crippen molar-refractivity contribution in [3.63, 3.8) is 0 Å². The molecule has 0 saturated heterocycles. The molecule has 1 saturated carbocycles. The topological polar surface area (TPSA) is 50.4 Å². The van der Waals surface area contributed by atoms with Crippen molar-refractivity contribution in [2.75, 3.05) is 6.54 Å². The summed E-state index contributed by atoms with van der Waals surface area (Å²) in [7, 11) is 0. The highest BCUT2D eigenvalue weighted by Gasteiger charge is 2.16. The second-order valence-electron chi connectivity index (χ2n) is 4.46. The maximum Gasteiger partial charge on any atom is 0.188 e. The van der Waals surface area contributed by atoms with Crippen molar-refractivity contribution in [3.8, 4) is 0 Å². The van der Waals surface area contributed by atoms with Gasteiger partial charge in [-0.15, -0.1) is 0 Å². The minimum absolute atomic E-state index is 0.581. The van der Waals surface area contributed by atoms with E-state index in [0.717, 1.165) is 12.5 Å². The number of nitrogens with one attached hydrogen (secondary N) is 1. The molecule has 3 N–H and O–H groups in total. The number of nitrogens with zero attached hydrogens (tertiary/aromatic N) is 1. The van der Waals surface area contributed by atoms with Crippen LogP contribution in [-0.4, -0.2) is 12.5 Å². The highest BCUT2D eigenvalue weighted by molar-refractivity contribution is 7.08. The molecule has 1 aromatic rings. The van der Waals surface area contributed by atoms with Crippen LogP contribution in [0.1, 0.15) is 30.4 Å². The summed E-state index contributed by atoms with van der Waals surface area (Å²) in [6.07, 6.45) is 4.05. The molecule has 1 aromatic heterocycles. The first kappa shape index (κ1) is 11.5. The van der Waals surface area contributed by atoms with Gasteiger partial charge in [0, 0.05) is 6.54 Å². The number of hydrogen-bond donors (Lipinski definition) is 2. The Bertz CT molecular complexity index is 366. The van der Waals surface area contributed by atoms with E-state index in [2.05, 4.69) is 28.0 Å². The van der Waals surface area contributed by atoms with Gasteiger partial charge in [0.05, 0.1) is 6.54 Å². The zero-order chi connectivity index (χ0) is 11.4. The van der Waals surface area contributed by atoms with Gasteiger partial charge in [-0.2, -0.15) is 11.3 Å². The zero-order valence-corrected chi connectivity index (χ0v) is 10.5. The van der Waals surface area contributed by atoms with Gasteiger partial charge in [-0.05, 0) is 47.6 Å². The van der Waals surface area contributed by atoms with E-state index in [0.29, 0.717) is 12.5 Å². The monoisotopic (exact) mass is 237 g/mol. The fourth-order valence-electron chi connectivity index (χ4n) is 1.72. The lowest BCUT2D eigenvalue weighted by Gasteiger charge is -2.25. The summed E-state index contributed by atoms with van der Waals surface area (Å²) < 4.78 is 0. The normalized spacial score (nSPS) is 17.2. The second kappa shape index (κ2) is 5.34. The van der Waals surface area contributed by atoms with Gasteiger partial charge >= 0.3 is 0 Å². The molecule has 1 aliphatic carbocycles. The fourth-order valence-corrected chi connectivity index (χ4v) is 2.57. The first-order chi connectivity index (χ1) is 7.75. The second-order valence-corrected chi connectivity index (χ2v) is 5.20. The predicted molar refractivity (Wildman–Crippen MR) is 69.7 cm³/mol. The molecule has 0 aliphatic heterocycles. The summed E-state index contributed by atoms with van der Waals surface area (Å²) in [4.78, 5) is 4.35. The van der Waals surface area contributed by atoms with Crippen molar-refractivity contribution in [3.05, 3.63) is 21.9 Å². The summed E-state index contributed by atoms with van der Waals surface area (Å²) in [5.74, 6) is 1.40. The van der Waals surface area contributed by atoms with Crippen LogP contribution in [0.3, 0.4) is 0 Å². The molecule has 3 nitrogen and oxygen atoms in total. The van der Waals surface area contributed by atoms with Crippen molar-refractivity contribution in [2.45, 2.75) is 32.7 Å². The van der Waals surface area contributed by atoms with E-state index in [1.165, 1.54) is 30.4 Å². The van der Waals surface area contributed by atoms with Crippen LogP contribution >= 0.6 is 11.3 Å². The molecule has 0 unspecified atom stereocenters. The van der Waals surface area contributed by atoms with Gasteiger partial charge in [-0.3, -0.25) is 0 Å². The van der Waals surface area contributed by atoms with E-state index in [9.17, 15) is 0 Å². The Morgan fingerprint density at radius 1 is 1.56 bits per heavy atom. The summed E-state index contributed by atoms with van der Waals surface area (Å²) in [5.41, 5.74) is 8.39. The molecule has 16 heavy (non-hydrogen) atoms. The fraction of sp³-hybridized carbons (Fsp3) is 0.583. The third kappa shape index (κ3) is 2.98. The lowest BCUT2D eigenvalue weighted by atomic mass is 9.85. The van der Waals surface area contributed by atoms with E-state index < -0.39 is 0 Å². The Kier molecular flexibility index (Phi) is 3.83. The molecule has 0 radical (unpaired) electrons. The zero-order valence-electron chi connectivity index (χ0n) is 9.70. The van der Waals surface area contributed by atoms with Crippen LogP contribution in [-0.2, 0) is 6.54 Å². The van der Waals surface area contributed by atoms with Crippen molar-refractivity contribution in [2.24, 2.45) is 16.6 Å². The predicted octanol–water partition coefficient (Wildman–Crippen LogP) is 2.26. The van der Waals surface area contributed by atoms with Gasteiger partial charge in [-0.25, -0.2) is 4.99 Å². The lowest BCUT2D eigenvalue weighted by molar-refractivity contribution is 0.315. The number of nitrogens with two attached hydrogens (primary N) is 1. The molecule has 1 fully saturated rings. The van der Waals surface area contributed by atoms with E-state index in [4.69, 9.17) is 5.73 Å². The molecule has 0 amide bonds. The van der Waals surface area contributed by atoms with Crippen LogP contribution in [0.2, 0.25) is 0 Å². The third-order valence-electron chi connectivity index (χ3n) is 3.18. The van der Waals surface area contributed by atoms with Gasteiger partial charge < -0.3 is 11.1 Å². The minimum Gasteiger partial charge on any atom is -0.370 e. The number of rotatable bonds is 4. The molecule has 0 atom stereocenters. The molecule has 88 valence electrons. The Labute approximate surface area is 101 Å². The van der Waals surface area contributed by atoms with Gasteiger partial charge in [-0.1, -0.05) is 6.42 Å². The first-order valence-corrected chi connectivity index (χ1v) is 6.75. The van der Waals surface area contributed by atoms with Gasteiger partial charge in [0.1, 0.15) is 0 Å². The number of aryl methyl sites for hydroxylation is 1. The molecule has 1 heterocycles. The number of guanidine groups is 1. The first-order valence-electron chi connectivity index (χ1n) is 5.81. The molecule has 2 rings (SSSR count). The van der Waals surface area contributed by atoms with Crippen LogP contribution in [0, 0.1) is 12.8 Å². The van der Waals surface area contributed by atoms with Crippen molar-refractivity contribution in [1.29, 1.82) is 0 Å². The summed E-state index contributed by atoms with van der Waals surface area (Å²) in [6, 6.07) is 0. The molecule has 0 aromatic carbocycles. The number of aliphatic imine (C=N–C) groups is 1. The van der Waals surface area contributed by atoms with Gasteiger partial charge in [0.25, 0.3) is 0 Å². The van der Waals surface area contributed by atoms with Crippen LogP contribution in [0.5, 0.6) is 0 Å². The summed E-state index contributed by atoms with van der Waals surface area (Å²) in [6.45, 7) is 3.79. The minimum atomic E-state index is 0.581. The Hall–Kier alpha value is -1.03. The van der Waals surface area contributed by atoms with Gasteiger partial charge in [0.15, 0.2) is 5.96 Å². The van der Waals surface area contributed by atoms with Crippen molar-refractivity contribution in [1.82, 2.24) is 5.32 Å². The maximum atomic E-state index is 5.81. The lowest BCUT2D eigenvalue weighted by Crippen LogP contribution is -2.37. The Balaban J connectivity index is 1.75. The molecule has 1 aliphatic rings. The average Bonchev–Trinajstić information content (AvgIpc) is 2.59. The molecular formula is C12H19N3S. The van der Waals surface area contributed by atoms with E-state index in [1.807, 2.05) is 0 Å². The quantitative estimate of drug-likeness (QED) is 0.623. The highest BCUT2D eigenvalue weighted by atomic mass is 32.1.